The molecule has 98 valence electrons. The zero-order valence-corrected chi connectivity index (χ0v) is 12.8. The van der Waals surface area contributed by atoms with Gasteiger partial charge in [0, 0.05) is 9.37 Å². The lowest BCUT2D eigenvalue weighted by Crippen LogP contribution is -2.09. The Morgan fingerprint density at radius 1 is 1.21 bits per heavy atom. The van der Waals surface area contributed by atoms with Crippen molar-refractivity contribution in [1.29, 1.82) is 0 Å². The van der Waals surface area contributed by atoms with Crippen LogP contribution in [0.3, 0.4) is 0 Å². The van der Waals surface area contributed by atoms with Crippen molar-refractivity contribution in [1.82, 2.24) is 0 Å². The third-order valence-electron chi connectivity index (χ3n) is 2.72. The lowest BCUT2D eigenvalue weighted by Gasteiger charge is -2.14. The van der Waals surface area contributed by atoms with E-state index < -0.39 is 0 Å². The fraction of sp³-hybridized carbons (Fsp3) is 0.133. The number of carbonyl (C=O) groups is 1. The summed E-state index contributed by atoms with van der Waals surface area (Å²) < 4.78 is 6.16. The summed E-state index contributed by atoms with van der Waals surface area (Å²) in [5, 5.41) is 0. The van der Waals surface area contributed by atoms with Crippen molar-refractivity contribution in [3.05, 3.63) is 64.1 Å². The Balaban J connectivity index is 2.15. The Kier molecular flexibility index (Phi) is 4.66. The average molecular weight is 337 g/mol. The first-order valence-corrected chi connectivity index (χ1v) is 7.06. The van der Waals surface area contributed by atoms with Crippen LogP contribution in [-0.2, 0) is 4.74 Å². The quantitative estimate of drug-likeness (QED) is 0.651. The van der Waals surface area contributed by atoms with Crippen molar-refractivity contribution in [2.75, 3.05) is 0 Å². The molecule has 0 heterocycles. The SMILES string of the molecule is CC(OC(=O)c1cc(S)ccc1Br)c1ccccc1. The molecule has 0 aliphatic rings. The molecule has 2 aromatic rings. The second kappa shape index (κ2) is 6.26. The maximum Gasteiger partial charge on any atom is 0.339 e. The van der Waals surface area contributed by atoms with Gasteiger partial charge in [-0.25, -0.2) is 4.79 Å². The molecule has 0 aliphatic carbocycles. The van der Waals surface area contributed by atoms with Crippen molar-refractivity contribution in [3.8, 4) is 0 Å². The van der Waals surface area contributed by atoms with Crippen LogP contribution in [0.5, 0.6) is 0 Å². The average Bonchev–Trinajstić information content (AvgIpc) is 2.42. The second-order valence-corrected chi connectivity index (χ2v) is 5.49. The van der Waals surface area contributed by atoms with E-state index in [2.05, 4.69) is 28.6 Å². The molecule has 2 rings (SSSR count). The Morgan fingerprint density at radius 2 is 1.89 bits per heavy atom. The Labute approximate surface area is 126 Å². The first-order chi connectivity index (χ1) is 9.08. The topological polar surface area (TPSA) is 26.3 Å². The maximum atomic E-state index is 12.1. The second-order valence-electron chi connectivity index (χ2n) is 4.12. The van der Waals surface area contributed by atoms with Gasteiger partial charge in [0.2, 0.25) is 0 Å². The van der Waals surface area contributed by atoms with Crippen LogP contribution < -0.4 is 0 Å². The molecule has 0 fully saturated rings. The molecule has 0 N–H and O–H groups in total. The monoisotopic (exact) mass is 336 g/mol. The smallest absolute Gasteiger partial charge is 0.339 e. The van der Waals surface area contributed by atoms with Crippen LogP contribution in [-0.4, -0.2) is 5.97 Å². The molecule has 0 saturated heterocycles. The molecule has 0 saturated carbocycles. The van der Waals surface area contributed by atoms with Gasteiger partial charge in [-0.3, -0.25) is 0 Å². The molecule has 4 heteroatoms. The van der Waals surface area contributed by atoms with E-state index >= 15 is 0 Å². The molecule has 0 aromatic heterocycles. The predicted octanol–water partition coefficient (Wildman–Crippen LogP) is 4.66. The van der Waals surface area contributed by atoms with Gasteiger partial charge < -0.3 is 4.74 Å². The molecule has 0 amide bonds. The molecular formula is C15H13BrO2S. The number of ether oxygens (including phenoxy) is 1. The first kappa shape index (κ1) is 14.2. The molecule has 0 bridgehead atoms. The highest BCUT2D eigenvalue weighted by molar-refractivity contribution is 9.10. The minimum Gasteiger partial charge on any atom is -0.454 e. The summed E-state index contributed by atoms with van der Waals surface area (Å²) in [5.41, 5.74) is 1.45. The molecule has 1 atom stereocenters. The molecule has 0 radical (unpaired) electrons. The van der Waals surface area contributed by atoms with Gasteiger partial charge in [-0.2, -0.15) is 0 Å². The van der Waals surface area contributed by atoms with Gasteiger partial charge in [-0.15, -0.1) is 12.6 Å². The van der Waals surface area contributed by atoms with Crippen LogP contribution in [0.15, 0.2) is 57.9 Å². The largest absolute Gasteiger partial charge is 0.454 e. The zero-order chi connectivity index (χ0) is 13.8. The van der Waals surface area contributed by atoms with Gasteiger partial charge in [0.05, 0.1) is 5.56 Å². The van der Waals surface area contributed by atoms with E-state index in [1.807, 2.05) is 43.3 Å². The molecule has 0 spiro atoms. The first-order valence-electron chi connectivity index (χ1n) is 5.82. The number of hydrogen-bond donors (Lipinski definition) is 1. The summed E-state index contributed by atoms with van der Waals surface area (Å²) >= 11 is 7.57. The van der Waals surface area contributed by atoms with Crippen LogP contribution >= 0.6 is 28.6 Å². The van der Waals surface area contributed by atoms with Crippen molar-refractivity contribution >= 4 is 34.5 Å². The summed E-state index contributed by atoms with van der Waals surface area (Å²) in [5.74, 6) is -0.362. The molecule has 19 heavy (non-hydrogen) atoms. The number of esters is 1. The molecule has 1 unspecified atom stereocenters. The third-order valence-corrected chi connectivity index (χ3v) is 3.69. The third kappa shape index (κ3) is 3.61. The van der Waals surface area contributed by atoms with E-state index in [0.717, 1.165) is 10.5 Å². The summed E-state index contributed by atoms with van der Waals surface area (Å²) in [4.78, 5) is 12.8. The van der Waals surface area contributed by atoms with Crippen molar-refractivity contribution in [2.45, 2.75) is 17.9 Å². The van der Waals surface area contributed by atoms with Crippen LogP contribution in [0, 0.1) is 0 Å². The summed E-state index contributed by atoms with van der Waals surface area (Å²) in [6.45, 7) is 1.85. The lowest BCUT2D eigenvalue weighted by molar-refractivity contribution is 0.0336. The van der Waals surface area contributed by atoms with Gasteiger partial charge in [0.25, 0.3) is 0 Å². The highest BCUT2D eigenvalue weighted by Gasteiger charge is 2.16. The highest BCUT2D eigenvalue weighted by atomic mass is 79.9. The molecular weight excluding hydrogens is 324 g/mol. The van der Waals surface area contributed by atoms with Gasteiger partial charge >= 0.3 is 5.97 Å². The number of carbonyl (C=O) groups excluding carboxylic acids is 1. The lowest BCUT2D eigenvalue weighted by atomic mass is 10.1. The van der Waals surface area contributed by atoms with E-state index in [9.17, 15) is 4.79 Å². The number of hydrogen-bond acceptors (Lipinski definition) is 3. The van der Waals surface area contributed by atoms with E-state index in [0.29, 0.717) is 10.0 Å². The minimum atomic E-state index is -0.362. The van der Waals surface area contributed by atoms with Crippen molar-refractivity contribution in [2.24, 2.45) is 0 Å². The number of thiol groups is 1. The van der Waals surface area contributed by atoms with Crippen LogP contribution in [0.25, 0.3) is 0 Å². The van der Waals surface area contributed by atoms with Gasteiger partial charge in [-0.05, 0) is 46.6 Å². The van der Waals surface area contributed by atoms with Crippen molar-refractivity contribution in [3.63, 3.8) is 0 Å². The number of benzene rings is 2. The van der Waals surface area contributed by atoms with Crippen LogP contribution in [0.2, 0.25) is 0 Å². The zero-order valence-electron chi connectivity index (χ0n) is 10.3. The number of halogens is 1. The molecule has 2 aromatic carbocycles. The number of rotatable bonds is 3. The fourth-order valence-corrected chi connectivity index (χ4v) is 2.30. The standard InChI is InChI=1S/C15H13BrO2S/c1-10(11-5-3-2-4-6-11)18-15(17)13-9-12(19)7-8-14(13)16/h2-10,19H,1H3. The van der Waals surface area contributed by atoms with Crippen molar-refractivity contribution < 1.29 is 9.53 Å². The normalized spacial score (nSPS) is 11.9. The van der Waals surface area contributed by atoms with Gasteiger partial charge in [-0.1, -0.05) is 30.3 Å². The van der Waals surface area contributed by atoms with E-state index in [1.54, 1.807) is 12.1 Å². The Morgan fingerprint density at radius 3 is 2.58 bits per heavy atom. The molecule has 2 nitrogen and oxygen atoms in total. The summed E-state index contributed by atoms with van der Waals surface area (Å²) in [6.07, 6.45) is -0.288. The molecule has 0 aliphatic heterocycles. The van der Waals surface area contributed by atoms with Gasteiger partial charge in [0.15, 0.2) is 0 Å². The van der Waals surface area contributed by atoms with Crippen LogP contribution in [0.4, 0.5) is 0 Å². The Bertz CT molecular complexity index is 584. The maximum absolute atomic E-state index is 12.1. The van der Waals surface area contributed by atoms with Gasteiger partial charge in [0.1, 0.15) is 6.10 Å². The van der Waals surface area contributed by atoms with E-state index in [1.165, 1.54) is 0 Å². The van der Waals surface area contributed by atoms with E-state index in [-0.39, 0.29) is 12.1 Å². The fourth-order valence-electron chi connectivity index (χ4n) is 1.69. The predicted molar refractivity (Wildman–Crippen MR) is 81.7 cm³/mol. The highest BCUT2D eigenvalue weighted by Crippen LogP contribution is 2.24. The Hall–Kier alpha value is -1.26. The van der Waals surface area contributed by atoms with Crippen LogP contribution in [0.1, 0.15) is 28.9 Å². The minimum absolute atomic E-state index is 0.288. The summed E-state index contributed by atoms with van der Waals surface area (Å²) in [7, 11) is 0. The summed E-state index contributed by atoms with van der Waals surface area (Å²) in [6, 6.07) is 14.9. The van der Waals surface area contributed by atoms with E-state index in [4.69, 9.17) is 4.74 Å².